The summed E-state index contributed by atoms with van der Waals surface area (Å²) >= 11 is 0. The van der Waals surface area contributed by atoms with Gasteiger partial charge in [0.05, 0.1) is 5.56 Å². The second-order valence-electron chi connectivity index (χ2n) is 6.85. The summed E-state index contributed by atoms with van der Waals surface area (Å²) in [5.41, 5.74) is -1.71. The Morgan fingerprint density at radius 2 is 1.68 bits per heavy atom. The van der Waals surface area contributed by atoms with Crippen LogP contribution in [0, 0.1) is 0 Å². The molecule has 0 atom stereocenters. The van der Waals surface area contributed by atoms with E-state index in [1.54, 1.807) is 4.90 Å². The van der Waals surface area contributed by atoms with Gasteiger partial charge in [-0.1, -0.05) is 12.1 Å². The van der Waals surface area contributed by atoms with Crippen LogP contribution < -0.4 is 15.0 Å². The minimum Gasteiger partial charge on any atom is -0.406 e. The second kappa shape index (κ2) is 8.98. The van der Waals surface area contributed by atoms with Gasteiger partial charge in [-0.2, -0.15) is 13.2 Å². The minimum atomic E-state index is -4.86. The number of carbonyl (C=O) groups is 1. The van der Waals surface area contributed by atoms with Crippen LogP contribution in [0.2, 0.25) is 0 Å². The topological polar surface area (TPSA) is 67.3 Å². The molecule has 1 aliphatic rings. The van der Waals surface area contributed by atoms with Crippen molar-refractivity contribution < 1.29 is 35.9 Å². The highest BCUT2D eigenvalue weighted by atomic mass is 19.4. The number of halogens is 6. The van der Waals surface area contributed by atoms with Gasteiger partial charge in [-0.25, -0.2) is 9.97 Å². The normalized spacial score (nSPS) is 15.0. The van der Waals surface area contributed by atoms with Gasteiger partial charge in [-0.05, 0) is 37.0 Å². The Hall–Kier alpha value is -3.05. The maximum atomic E-state index is 13.5. The largest absolute Gasteiger partial charge is 0.573 e. The number of ether oxygens (including phenoxy) is 1. The Morgan fingerprint density at radius 3 is 2.26 bits per heavy atom. The molecule has 6 nitrogen and oxygen atoms in total. The van der Waals surface area contributed by atoms with Crippen molar-refractivity contribution in [2.75, 3.05) is 18.0 Å². The van der Waals surface area contributed by atoms with Crippen molar-refractivity contribution in [1.82, 2.24) is 15.3 Å². The lowest BCUT2D eigenvalue weighted by molar-refractivity contribution is -0.274. The van der Waals surface area contributed by atoms with Crippen molar-refractivity contribution in [1.29, 1.82) is 0 Å². The summed E-state index contributed by atoms with van der Waals surface area (Å²) < 4.78 is 80.8. The molecule has 2 aromatic rings. The molecule has 0 aliphatic carbocycles. The Kier molecular flexibility index (Phi) is 6.56. The predicted octanol–water partition coefficient (Wildman–Crippen LogP) is 4.31. The number of nitrogens with zero attached hydrogens (tertiary/aromatic N) is 3. The molecule has 0 radical (unpaired) electrons. The molecule has 0 unspecified atom stereocenters. The van der Waals surface area contributed by atoms with Crippen LogP contribution in [0.1, 0.15) is 40.9 Å². The van der Waals surface area contributed by atoms with Gasteiger partial charge in [-0.15, -0.1) is 13.2 Å². The number of benzene rings is 1. The fourth-order valence-corrected chi connectivity index (χ4v) is 3.09. The second-order valence-corrected chi connectivity index (χ2v) is 6.85. The maximum absolute atomic E-state index is 13.5. The summed E-state index contributed by atoms with van der Waals surface area (Å²) in [4.78, 5) is 21.5. The first-order valence-corrected chi connectivity index (χ1v) is 9.35. The average Bonchev–Trinajstić information content (AvgIpc) is 2.71. The van der Waals surface area contributed by atoms with E-state index in [9.17, 15) is 31.1 Å². The zero-order valence-electron chi connectivity index (χ0n) is 16.1. The Balaban J connectivity index is 1.71. The summed E-state index contributed by atoms with van der Waals surface area (Å²) in [5, 5.41) is 2.30. The van der Waals surface area contributed by atoms with Crippen LogP contribution >= 0.6 is 0 Å². The first kappa shape index (κ1) is 22.6. The average molecular weight is 448 g/mol. The fraction of sp³-hybridized carbons (Fsp3) is 0.421. The van der Waals surface area contributed by atoms with Crippen molar-refractivity contribution in [2.45, 2.75) is 38.3 Å². The molecule has 1 saturated heterocycles. The summed E-state index contributed by atoms with van der Waals surface area (Å²) in [7, 11) is 0. The Labute approximate surface area is 173 Å². The van der Waals surface area contributed by atoms with Gasteiger partial charge in [0.1, 0.15) is 5.75 Å². The Morgan fingerprint density at radius 1 is 1.03 bits per heavy atom. The molecule has 1 aliphatic heterocycles. The third-order valence-corrected chi connectivity index (χ3v) is 4.54. The van der Waals surface area contributed by atoms with E-state index in [1.165, 1.54) is 12.1 Å². The van der Waals surface area contributed by atoms with Crippen LogP contribution in [-0.4, -0.2) is 35.3 Å². The maximum Gasteiger partial charge on any atom is 0.573 e. The number of anilines is 1. The fourth-order valence-electron chi connectivity index (χ4n) is 3.09. The van der Waals surface area contributed by atoms with Gasteiger partial charge in [0.25, 0.3) is 5.91 Å². The number of aromatic nitrogens is 2. The summed E-state index contributed by atoms with van der Waals surface area (Å²) in [6.45, 7) is 0.865. The molecule has 31 heavy (non-hydrogen) atoms. The zero-order valence-corrected chi connectivity index (χ0v) is 16.1. The van der Waals surface area contributed by atoms with Crippen LogP contribution in [0.15, 0.2) is 30.5 Å². The molecule has 0 spiro atoms. The van der Waals surface area contributed by atoms with E-state index in [4.69, 9.17) is 0 Å². The lowest BCUT2D eigenvalue weighted by atomic mass is 10.1. The van der Waals surface area contributed by atoms with Crippen molar-refractivity contribution in [3.8, 4) is 5.75 Å². The molecular formula is C19H18F6N4O2. The summed E-state index contributed by atoms with van der Waals surface area (Å²) in [6.07, 6.45) is -6.25. The zero-order chi connectivity index (χ0) is 22.6. The SMILES string of the molecule is O=C(NCc1ccc(OC(F)(F)F)cc1)c1cnc(N2CCCCC2)nc1C(F)(F)F. The van der Waals surface area contributed by atoms with Gasteiger partial charge in [0.15, 0.2) is 5.69 Å². The lowest BCUT2D eigenvalue weighted by Crippen LogP contribution is -2.33. The van der Waals surface area contributed by atoms with E-state index in [0.717, 1.165) is 37.6 Å². The molecule has 1 amide bonds. The van der Waals surface area contributed by atoms with Crippen molar-refractivity contribution in [2.24, 2.45) is 0 Å². The quantitative estimate of drug-likeness (QED) is 0.691. The van der Waals surface area contributed by atoms with Gasteiger partial charge in [0, 0.05) is 25.8 Å². The van der Waals surface area contributed by atoms with Crippen LogP contribution in [0.5, 0.6) is 5.75 Å². The molecule has 0 bridgehead atoms. The highest BCUT2D eigenvalue weighted by molar-refractivity contribution is 5.95. The number of piperidine rings is 1. The molecule has 168 valence electrons. The number of hydrogen-bond donors (Lipinski definition) is 1. The minimum absolute atomic E-state index is 0.0798. The Bertz CT molecular complexity index is 909. The van der Waals surface area contributed by atoms with E-state index in [-0.39, 0.29) is 12.5 Å². The molecule has 1 fully saturated rings. The van der Waals surface area contributed by atoms with E-state index < -0.39 is 35.5 Å². The molecule has 0 saturated carbocycles. The van der Waals surface area contributed by atoms with Crippen LogP contribution in [0.25, 0.3) is 0 Å². The number of carbonyl (C=O) groups excluding carboxylic acids is 1. The molecule has 12 heteroatoms. The van der Waals surface area contributed by atoms with Gasteiger partial charge >= 0.3 is 12.5 Å². The highest BCUT2D eigenvalue weighted by Gasteiger charge is 2.38. The summed E-state index contributed by atoms with van der Waals surface area (Å²) in [6, 6.07) is 4.57. The van der Waals surface area contributed by atoms with E-state index in [0.29, 0.717) is 18.7 Å². The standard InChI is InChI=1S/C19H18F6N4O2/c20-18(21,22)15-14(11-27-17(28-15)29-8-2-1-3-9-29)16(30)26-10-12-4-6-13(7-5-12)31-19(23,24)25/h4-7,11H,1-3,8-10H2,(H,26,30). The monoisotopic (exact) mass is 448 g/mol. The van der Waals surface area contributed by atoms with Crippen molar-refractivity contribution in [3.63, 3.8) is 0 Å². The molecular weight excluding hydrogens is 430 g/mol. The molecule has 1 aromatic heterocycles. The number of alkyl halides is 6. The molecule has 2 heterocycles. The number of rotatable bonds is 5. The molecule has 1 N–H and O–H groups in total. The first-order chi connectivity index (χ1) is 14.5. The molecule has 3 rings (SSSR count). The van der Waals surface area contributed by atoms with Gasteiger partial charge in [0.2, 0.25) is 5.95 Å². The number of amides is 1. The highest BCUT2D eigenvalue weighted by Crippen LogP contribution is 2.32. The number of nitrogens with one attached hydrogen (secondary N) is 1. The van der Waals surface area contributed by atoms with Gasteiger partial charge in [-0.3, -0.25) is 4.79 Å². The van der Waals surface area contributed by atoms with Crippen LogP contribution in [0.4, 0.5) is 32.3 Å². The lowest BCUT2D eigenvalue weighted by Gasteiger charge is -2.27. The predicted molar refractivity (Wildman–Crippen MR) is 97.4 cm³/mol. The smallest absolute Gasteiger partial charge is 0.406 e. The summed E-state index contributed by atoms with van der Waals surface area (Å²) in [5.74, 6) is -1.58. The third-order valence-electron chi connectivity index (χ3n) is 4.54. The van der Waals surface area contributed by atoms with E-state index in [1.807, 2.05) is 0 Å². The third kappa shape index (κ3) is 6.22. The number of hydrogen-bond acceptors (Lipinski definition) is 5. The van der Waals surface area contributed by atoms with Crippen molar-refractivity contribution >= 4 is 11.9 Å². The molecule has 1 aromatic carbocycles. The first-order valence-electron chi connectivity index (χ1n) is 9.35. The van der Waals surface area contributed by atoms with Crippen LogP contribution in [-0.2, 0) is 12.7 Å². The van der Waals surface area contributed by atoms with Crippen molar-refractivity contribution in [3.05, 3.63) is 47.3 Å². The van der Waals surface area contributed by atoms with Crippen LogP contribution in [0.3, 0.4) is 0 Å². The van der Waals surface area contributed by atoms with E-state index in [2.05, 4.69) is 20.0 Å². The van der Waals surface area contributed by atoms with Gasteiger partial charge < -0.3 is 15.0 Å². The van der Waals surface area contributed by atoms with E-state index >= 15 is 0 Å².